The smallest absolute Gasteiger partial charge is 0.231 e. The normalized spacial score (nSPS) is 15.2. The first-order chi connectivity index (χ1) is 14.4. The summed E-state index contributed by atoms with van der Waals surface area (Å²) in [5, 5.41) is 22.1. The third kappa shape index (κ3) is 4.78. The first-order valence-corrected chi connectivity index (χ1v) is 9.62. The van der Waals surface area contributed by atoms with Crippen molar-refractivity contribution in [2.24, 2.45) is 0 Å². The molecule has 9 nitrogen and oxygen atoms in total. The van der Waals surface area contributed by atoms with Crippen LogP contribution in [0.3, 0.4) is 0 Å². The maximum atomic E-state index is 12.6. The fourth-order valence-corrected chi connectivity index (χ4v) is 3.51. The number of aromatic hydroxyl groups is 1. The molecule has 2 aromatic heterocycles. The van der Waals surface area contributed by atoms with E-state index in [-0.39, 0.29) is 37.1 Å². The number of nitriles is 1. The number of carbonyl (C=O) groups excluding carboxylic acids is 1. The van der Waals surface area contributed by atoms with Gasteiger partial charge in [-0.1, -0.05) is 0 Å². The molecule has 0 radical (unpaired) electrons. The van der Waals surface area contributed by atoms with Crippen LogP contribution in [0.4, 0.5) is 0 Å². The lowest BCUT2D eigenvalue weighted by molar-refractivity contribution is -0.123. The van der Waals surface area contributed by atoms with Gasteiger partial charge in [-0.25, -0.2) is 4.98 Å². The monoisotopic (exact) mass is 413 g/mol. The quantitative estimate of drug-likeness (QED) is 0.653. The summed E-state index contributed by atoms with van der Waals surface area (Å²) in [5.41, 5.74) is -1.04. The molecule has 3 rings (SSSR count). The van der Waals surface area contributed by atoms with Gasteiger partial charge in [0.05, 0.1) is 6.54 Å². The van der Waals surface area contributed by atoms with E-state index in [0.717, 1.165) is 0 Å². The van der Waals surface area contributed by atoms with Gasteiger partial charge in [-0.3, -0.25) is 9.59 Å². The van der Waals surface area contributed by atoms with Crippen LogP contribution in [0.2, 0.25) is 0 Å². The predicted molar refractivity (Wildman–Crippen MR) is 105 cm³/mol. The van der Waals surface area contributed by atoms with Gasteiger partial charge in [-0.2, -0.15) is 5.26 Å². The Bertz CT molecular complexity index is 1000. The van der Waals surface area contributed by atoms with Crippen molar-refractivity contribution < 1.29 is 23.8 Å². The van der Waals surface area contributed by atoms with E-state index in [0.29, 0.717) is 37.4 Å². The van der Waals surface area contributed by atoms with Crippen molar-refractivity contribution in [3.05, 3.63) is 51.7 Å². The molecule has 0 spiro atoms. The van der Waals surface area contributed by atoms with E-state index in [1.54, 1.807) is 19.1 Å². The van der Waals surface area contributed by atoms with Gasteiger partial charge in [0.2, 0.25) is 23.0 Å². The largest absolute Gasteiger partial charge is 0.502 e. The highest BCUT2D eigenvalue weighted by Crippen LogP contribution is 2.41. The van der Waals surface area contributed by atoms with Crippen molar-refractivity contribution in [2.75, 3.05) is 26.4 Å². The number of nitrogens with one attached hydrogen (secondary N) is 1. The minimum Gasteiger partial charge on any atom is -0.502 e. The van der Waals surface area contributed by atoms with Crippen molar-refractivity contribution >= 4 is 5.91 Å². The third-order valence-corrected chi connectivity index (χ3v) is 5.03. The summed E-state index contributed by atoms with van der Waals surface area (Å²) >= 11 is 0. The van der Waals surface area contributed by atoms with Gasteiger partial charge in [0, 0.05) is 37.3 Å². The van der Waals surface area contributed by atoms with Crippen molar-refractivity contribution in [3.63, 3.8) is 0 Å². The van der Waals surface area contributed by atoms with Crippen LogP contribution >= 0.6 is 0 Å². The van der Waals surface area contributed by atoms with Gasteiger partial charge < -0.3 is 24.3 Å². The van der Waals surface area contributed by atoms with Gasteiger partial charge in [-0.05, 0) is 31.9 Å². The Kier molecular flexibility index (Phi) is 6.69. The van der Waals surface area contributed by atoms with E-state index in [2.05, 4.69) is 10.3 Å². The lowest BCUT2D eigenvalue weighted by atomic mass is 9.74. The number of aromatic nitrogens is 1. The number of hydrogen-bond acceptors (Lipinski definition) is 8. The summed E-state index contributed by atoms with van der Waals surface area (Å²) in [7, 11) is 0. The summed E-state index contributed by atoms with van der Waals surface area (Å²) in [5.74, 6) is -0.0181. The van der Waals surface area contributed by atoms with Crippen LogP contribution in [0.5, 0.6) is 11.6 Å². The zero-order valence-corrected chi connectivity index (χ0v) is 16.6. The number of pyridine rings is 1. The molecular formula is C21H23N3O6. The molecule has 0 unspecified atom stereocenters. The number of rotatable bonds is 7. The lowest BCUT2D eigenvalue weighted by Gasteiger charge is -2.35. The van der Waals surface area contributed by atoms with Crippen LogP contribution in [0.1, 0.15) is 36.3 Å². The van der Waals surface area contributed by atoms with Gasteiger partial charge in [0.1, 0.15) is 24.0 Å². The minimum atomic E-state index is -0.826. The van der Waals surface area contributed by atoms with Crippen molar-refractivity contribution in [2.45, 2.75) is 31.6 Å². The zero-order chi connectivity index (χ0) is 21.6. The Morgan fingerprint density at radius 2 is 2.20 bits per heavy atom. The van der Waals surface area contributed by atoms with Crippen molar-refractivity contribution in [1.82, 2.24) is 10.3 Å². The Labute approximate surface area is 173 Å². The Hall–Kier alpha value is -3.38. The van der Waals surface area contributed by atoms with Gasteiger partial charge in [-0.15, -0.1) is 0 Å². The first kappa shape index (κ1) is 21.3. The van der Waals surface area contributed by atoms with Crippen LogP contribution in [0.15, 0.2) is 33.6 Å². The van der Waals surface area contributed by atoms with E-state index in [1.807, 2.05) is 6.07 Å². The second kappa shape index (κ2) is 9.41. The summed E-state index contributed by atoms with van der Waals surface area (Å²) in [6.07, 6.45) is 2.43. The number of aryl methyl sites for hydroxylation is 1. The summed E-state index contributed by atoms with van der Waals surface area (Å²) < 4.78 is 16.6. The molecule has 1 amide bonds. The fourth-order valence-electron chi connectivity index (χ4n) is 3.51. The first-order valence-electron chi connectivity index (χ1n) is 9.62. The molecule has 3 heterocycles. The third-order valence-electron chi connectivity index (χ3n) is 5.03. The summed E-state index contributed by atoms with van der Waals surface area (Å²) in [4.78, 5) is 28.7. The topological polar surface area (TPSA) is 135 Å². The van der Waals surface area contributed by atoms with Crippen LogP contribution in [-0.4, -0.2) is 42.4 Å². The molecule has 2 aromatic rings. The SMILES string of the molecule is Cc1cc(=O)c(O)c(C2(CC(=O)NCCOc3ncccc3C#N)CCOCC2)o1. The summed E-state index contributed by atoms with van der Waals surface area (Å²) in [6.45, 7) is 2.75. The number of amides is 1. The second-order valence-electron chi connectivity index (χ2n) is 7.13. The van der Waals surface area contributed by atoms with E-state index in [4.69, 9.17) is 19.2 Å². The molecule has 0 atom stereocenters. The van der Waals surface area contributed by atoms with Crippen LogP contribution in [0, 0.1) is 18.3 Å². The molecule has 9 heteroatoms. The maximum Gasteiger partial charge on any atom is 0.231 e. The molecule has 1 saturated heterocycles. The number of ether oxygens (including phenoxy) is 2. The molecule has 0 bridgehead atoms. The Morgan fingerprint density at radius 1 is 1.43 bits per heavy atom. The minimum absolute atomic E-state index is 0.0311. The average Bonchev–Trinajstić information content (AvgIpc) is 2.74. The maximum absolute atomic E-state index is 12.6. The number of nitrogens with zero attached hydrogens (tertiary/aromatic N) is 2. The van der Waals surface area contributed by atoms with E-state index >= 15 is 0 Å². The average molecular weight is 413 g/mol. The Morgan fingerprint density at radius 3 is 2.93 bits per heavy atom. The number of carbonyl (C=O) groups is 1. The van der Waals surface area contributed by atoms with Gasteiger partial charge >= 0.3 is 0 Å². The van der Waals surface area contributed by atoms with E-state index in [1.165, 1.54) is 12.3 Å². The highest BCUT2D eigenvalue weighted by atomic mass is 16.5. The lowest BCUT2D eigenvalue weighted by Crippen LogP contribution is -2.40. The van der Waals surface area contributed by atoms with Crippen molar-refractivity contribution in [1.29, 1.82) is 5.26 Å². The number of hydrogen-bond donors (Lipinski definition) is 2. The van der Waals surface area contributed by atoms with Crippen LogP contribution in [0.25, 0.3) is 0 Å². The Balaban J connectivity index is 1.65. The molecule has 0 aromatic carbocycles. The van der Waals surface area contributed by atoms with Gasteiger partial charge in [0.15, 0.2) is 5.76 Å². The fraction of sp³-hybridized carbons (Fsp3) is 0.429. The molecule has 1 aliphatic rings. The summed E-state index contributed by atoms with van der Waals surface area (Å²) in [6, 6.07) is 6.44. The van der Waals surface area contributed by atoms with Gasteiger partial charge in [0.25, 0.3) is 0 Å². The molecule has 158 valence electrons. The molecule has 30 heavy (non-hydrogen) atoms. The van der Waals surface area contributed by atoms with E-state index in [9.17, 15) is 14.7 Å². The molecule has 2 N–H and O–H groups in total. The highest BCUT2D eigenvalue weighted by molar-refractivity contribution is 5.77. The second-order valence-corrected chi connectivity index (χ2v) is 7.13. The molecule has 1 fully saturated rings. The molecular weight excluding hydrogens is 390 g/mol. The van der Waals surface area contributed by atoms with Crippen LogP contribution in [-0.2, 0) is 14.9 Å². The van der Waals surface area contributed by atoms with Crippen LogP contribution < -0.4 is 15.5 Å². The van der Waals surface area contributed by atoms with E-state index < -0.39 is 16.6 Å². The predicted octanol–water partition coefficient (Wildman–Crippen LogP) is 1.55. The standard InChI is InChI=1S/C21H23N3O6/c1-14-11-16(25)18(27)19(30-14)21(4-8-28-9-5-21)12-17(26)23-7-10-29-20-15(13-22)3-2-6-24-20/h2-3,6,11,27H,4-5,7-10,12H2,1H3,(H,23,26). The zero-order valence-electron chi connectivity index (χ0n) is 16.6. The van der Waals surface area contributed by atoms with Crippen molar-refractivity contribution in [3.8, 4) is 17.7 Å². The molecule has 0 aliphatic carbocycles. The highest BCUT2D eigenvalue weighted by Gasteiger charge is 2.41. The molecule has 0 saturated carbocycles. The molecule has 1 aliphatic heterocycles.